The second-order valence-electron chi connectivity index (χ2n) is 9.98. The van der Waals surface area contributed by atoms with E-state index in [2.05, 4.69) is 5.32 Å². The summed E-state index contributed by atoms with van der Waals surface area (Å²) in [5.74, 6) is -3.83. The predicted molar refractivity (Wildman–Crippen MR) is 129 cm³/mol. The molecule has 3 rings (SSSR count). The third-order valence-electron chi connectivity index (χ3n) is 5.75. The maximum Gasteiger partial charge on any atom is 0.305 e. The Labute approximate surface area is 214 Å². The number of amides is 2. The summed E-state index contributed by atoms with van der Waals surface area (Å²) in [4.78, 5) is 39.1. The zero-order chi connectivity index (χ0) is 27.5. The molecule has 0 saturated carbocycles. The highest BCUT2D eigenvalue weighted by molar-refractivity contribution is 7.89. The third kappa shape index (κ3) is 6.89. The number of sulfonamides is 1. The largest absolute Gasteiger partial charge is 0.481 e. The van der Waals surface area contributed by atoms with E-state index in [1.165, 1.54) is 12.1 Å². The molecule has 2 aromatic carbocycles. The van der Waals surface area contributed by atoms with Gasteiger partial charge in [-0.1, -0.05) is 32.9 Å². The molecule has 9 nitrogen and oxygen atoms in total. The van der Waals surface area contributed by atoms with Gasteiger partial charge in [-0.2, -0.15) is 4.31 Å². The van der Waals surface area contributed by atoms with E-state index in [4.69, 9.17) is 0 Å². The SMILES string of the molecule is CC(C)(C)CC(=O)N1CCN(S(=O)(=O)c2ccc(F)cc2)C1C(=O)NC(CC(=O)O)c1ccc(F)cc1. The van der Waals surface area contributed by atoms with Crippen molar-refractivity contribution in [3.8, 4) is 0 Å². The Bertz CT molecular complexity index is 1260. The Morgan fingerprint density at radius 3 is 2.05 bits per heavy atom. The Balaban J connectivity index is 1.99. The highest BCUT2D eigenvalue weighted by Crippen LogP contribution is 2.29. The molecular weight excluding hydrogens is 508 g/mol. The topological polar surface area (TPSA) is 124 Å². The summed E-state index contributed by atoms with van der Waals surface area (Å²) in [6.07, 6.45) is -2.15. The number of aliphatic carboxylic acids is 1. The van der Waals surface area contributed by atoms with Crippen molar-refractivity contribution in [3.05, 3.63) is 65.7 Å². The lowest BCUT2D eigenvalue weighted by Gasteiger charge is -2.31. The lowest BCUT2D eigenvalue weighted by molar-refractivity contribution is -0.143. The molecule has 0 radical (unpaired) electrons. The van der Waals surface area contributed by atoms with Crippen LogP contribution in [0.4, 0.5) is 8.78 Å². The van der Waals surface area contributed by atoms with Crippen molar-refractivity contribution in [1.82, 2.24) is 14.5 Å². The van der Waals surface area contributed by atoms with Crippen molar-refractivity contribution in [2.24, 2.45) is 5.41 Å². The first-order valence-electron chi connectivity index (χ1n) is 11.5. The number of hydrogen-bond donors (Lipinski definition) is 2. The van der Waals surface area contributed by atoms with Gasteiger partial charge < -0.3 is 15.3 Å². The standard InChI is InChI=1S/C25H29F2N3O6S/c1-25(2,3)15-21(31)29-12-13-30(37(35,36)19-10-8-18(27)9-11-19)24(29)23(34)28-20(14-22(32)33)16-4-6-17(26)7-5-16/h4-11,20,24H,12-15H2,1-3H3,(H,28,34)(H,32,33). The fraction of sp³-hybridized carbons (Fsp3) is 0.400. The number of hydrogen-bond acceptors (Lipinski definition) is 5. The van der Waals surface area contributed by atoms with Gasteiger partial charge in [0.1, 0.15) is 11.6 Å². The lowest BCUT2D eigenvalue weighted by Crippen LogP contribution is -2.54. The van der Waals surface area contributed by atoms with Crippen molar-refractivity contribution >= 4 is 27.8 Å². The van der Waals surface area contributed by atoms with Gasteiger partial charge in [0.05, 0.1) is 17.4 Å². The Morgan fingerprint density at radius 1 is 1.00 bits per heavy atom. The zero-order valence-corrected chi connectivity index (χ0v) is 21.5. The maximum atomic E-state index is 13.6. The third-order valence-corrected chi connectivity index (χ3v) is 7.62. The van der Waals surface area contributed by atoms with Gasteiger partial charge in [0.25, 0.3) is 5.91 Å². The molecule has 1 fully saturated rings. The molecule has 1 aliphatic rings. The van der Waals surface area contributed by atoms with Crippen LogP contribution in [-0.4, -0.2) is 59.8 Å². The van der Waals surface area contributed by atoms with Crippen LogP contribution in [0.2, 0.25) is 0 Å². The van der Waals surface area contributed by atoms with Crippen LogP contribution >= 0.6 is 0 Å². The lowest BCUT2D eigenvalue weighted by atomic mass is 9.91. The molecule has 0 aliphatic carbocycles. The quantitative estimate of drug-likeness (QED) is 0.534. The van der Waals surface area contributed by atoms with E-state index in [1.807, 2.05) is 20.8 Å². The van der Waals surface area contributed by atoms with Gasteiger partial charge in [-0.15, -0.1) is 0 Å². The Kier molecular flexibility index (Phi) is 8.33. The molecule has 37 heavy (non-hydrogen) atoms. The molecule has 0 aromatic heterocycles. The van der Waals surface area contributed by atoms with E-state index in [-0.39, 0.29) is 30.0 Å². The highest BCUT2D eigenvalue weighted by atomic mass is 32.2. The smallest absolute Gasteiger partial charge is 0.305 e. The first kappa shape index (κ1) is 28.2. The second kappa shape index (κ2) is 10.9. The minimum atomic E-state index is -4.34. The molecule has 1 heterocycles. The summed E-state index contributed by atoms with van der Waals surface area (Å²) in [6.45, 7) is 5.18. The van der Waals surface area contributed by atoms with Crippen molar-refractivity contribution in [3.63, 3.8) is 0 Å². The van der Waals surface area contributed by atoms with E-state index in [9.17, 15) is 36.7 Å². The van der Waals surface area contributed by atoms with E-state index in [0.717, 1.165) is 45.6 Å². The number of carboxylic acids is 1. The van der Waals surface area contributed by atoms with Crippen LogP contribution < -0.4 is 5.32 Å². The van der Waals surface area contributed by atoms with E-state index >= 15 is 0 Å². The summed E-state index contributed by atoms with van der Waals surface area (Å²) in [5.41, 5.74) is -0.169. The first-order valence-corrected chi connectivity index (χ1v) is 13.0. The number of rotatable bonds is 8. The van der Waals surface area contributed by atoms with Crippen molar-refractivity contribution in [2.75, 3.05) is 13.1 Å². The minimum Gasteiger partial charge on any atom is -0.481 e. The zero-order valence-electron chi connectivity index (χ0n) is 20.6. The van der Waals surface area contributed by atoms with Gasteiger partial charge in [-0.3, -0.25) is 14.4 Å². The number of nitrogens with zero attached hydrogens (tertiary/aromatic N) is 2. The van der Waals surface area contributed by atoms with Crippen LogP contribution in [0.15, 0.2) is 53.4 Å². The second-order valence-corrected chi connectivity index (χ2v) is 11.9. The molecule has 2 atom stereocenters. The number of benzene rings is 2. The molecule has 2 N–H and O–H groups in total. The summed E-state index contributed by atoms with van der Waals surface area (Å²) >= 11 is 0. The van der Waals surface area contributed by atoms with Crippen LogP contribution in [-0.2, 0) is 24.4 Å². The van der Waals surface area contributed by atoms with Crippen LogP contribution in [0.5, 0.6) is 0 Å². The average Bonchev–Trinajstić information content (AvgIpc) is 3.24. The van der Waals surface area contributed by atoms with Gasteiger partial charge >= 0.3 is 5.97 Å². The van der Waals surface area contributed by atoms with Crippen LogP contribution in [0.25, 0.3) is 0 Å². The molecule has 2 amide bonds. The molecule has 1 saturated heterocycles. The van der Waals surface area contributed by atoms with Gasteiger partial charge in [0, 0.05) is 19.5 Å². The number of carbonyl (C=O) groups excluding carboxylic acids is 2. The molecular formula is C25H29F2N3O6S. The molecule has 0 spiro atoms. The normalized spacial score (nSPS) is 17.4. The van der Waals surface area contributed by atoms with Gasteiger partial charge in [-0.05, 0) is 47.4 Å². The summed E-state index contributed by atoms with van der Waals surface area (Å²) in [7, 11) is -4.34. The van der Waals surface area contributed by atoms with Gasteiger partial charge in [-0.25, -0.2) is 17.2 Å². The Morgan fingerprint density at radius 2 is 1.54 bits per heavy atom. The molecule has 0 bridgehead atoms. The average molecular weight is 538 g/mol. The van der Waals surface area contributed by atoms with Crippen molar-refractivity contribution in [2.45, 2.75) is 50.7 Å². The van der Waals surface area contributed by atoms with Gasteiger partial charge in [0.15, 0.2) is 6.17 Å². The summed E-state index contributed by atoms with van der Waals surface area (Å²) < 4.78 is 54.6. The van der Waals surface area contributed by atoms with Crippen LogP contribution in [0, 0.1) is 17.0 Å². The summed E-state index contributed by atoms with van der Waals surface area (Å²) in [5, 5.41) is 11.9. The van der Waals surface area contributed by atoms with Crippen LogP contribution in [0.3, 0.4) is 0 Å². The van der Waals surface area contributed by atoms with Gasteiger partial charge in [0.2, 0.25) is 15.9 Å². The number of carboxylic acid groups (broad SMARTS) is 1. The van der Waals surface area contributed by atoms with E-state index < -0.39 is 63.5 Å². The fourth-order valence-corrected chi connectivity index (χ4v) is 5.60. The number of nitrogens with one attached hydrogen (secondary N) is 1. The minimum absolute atomic E-state index is 0.0255. The van der Waals surface area contributed by atoms with Crippen molar-refractivity contribution in [1.29, 1.82) is 0 Å². The molecule has 200 valence electrons. The number of carbonyl (C=O) groups is 3. The Hall–Kier alpha value is -3.38. The van der Waals surface area contributed by atoms with E-state index in [1.54, 1.807) is 0 Å². The molecule has 2 aromatic rings. The molecule has 2 unspecified atom stereocenters. The van der Waals surface area contributed by atoms with E-state index in [0.29, 0.717) is 0 Å². The molecule has 12 heteroatoms. The monoisotopic (exact) mass is 537 g/mol. The highest BCUT2D eigenvalue weighted by Gasteiger charge is 2.47. The predicted octanol–water partition coefficient (Wildman–Crippen LogP) is 2.89. The first-order chi connectivity index (χ1) is 17.2. The summed E-state index contributed by atoms with van der Waals surface area (Å²) in [6, 6.07) is 7.78. The number of halogens is 2. The van der Waals surface area contributed by atoms with Crippen LogP contribution in [0.1, 0.15) is 45.2 Å². The fourth-order valence-electron chi connectivity index (χ4n) is 4.06. The molecule has 1 aliphatic heterocycles. The van der Waals surface area contributed by atoms with Crippen molar-refractivity contribution < 1.29 is 36.7 Å². The maximum absolute atomic E-state index is 13.6.